The molecule has 0 bridgehead atoms. The molecule has 5 heteroatoms. The summed E-state index contributed by atoms with van der Waals surface area (Å²) in [4.78, 5) is 6.94. The van der Waals surface area contributed by atoms with Crippen molar-refractivity contribution in [2.75, 3.05) is 7.05 Å². The summed E-state index contributed by atoms with van der Waals surface area (Å²) in [5, 5.41) is 10.7. The Morgan fingerprint density at radius 3 is 2.36 bits per heavy atom. The van der Waals surface area contributed by atoms with E-state index in [0.29, 0.717) is 0 Å². The molecule has 28 heavy (non-hydrogen) atoms. The van der Waals surface area contributed by atoms with Crippen molar-refractivity contribution in [3.8, 4) is 22.4 Å². The summed E-state index contributed by atoms with van der Waals surface area (Å²) in [5.41, 5.74) is 6.95. The quantitative estimate of drug-likeness (QED) is 0.461. The second-order valence-electron chi connectivity index (χ2n) is 7.13. The Morgan fingerprint density at radius 1 is 1.00 bits per heavy atom. The minimum Gasteiger partial charge on any atom is -0.293 e. The highest BCUT2D eigenvalue weighted by Crippen LogP contribution is 2.28. The van der Waals surface area contributed by atoms with Crippen LogP contribution in [0.2, 0.25) is 0 Å². The Bertz CT molecular complexity index is 1030. The van der Waals surface area contributed by atoms with E-state index in [0.717, 1.165) is 28.5 Å². The van der Waals surface area contributed by atoms with Gasteiger partial charge in [0.15, 0.2) is 0 Å². The number of hydrogen-bond acceptors (Lipinski definition) is 4. The van der Waals surface area contributed by atoms with E-state index in [1.54, 1.807) is 11.3 Å². The van der Waals surface area contributed by atoms with Crippen LogP contribution in [0, 0.1) is 6.92 Å². The molecule has 1 unspecified atom stereocenters. The number of rotatable bonds is 6. The smallest absolute Gasteiger partial charge is 0.110 e. The molecule has 1 atom stereocenters. The fraction of sp³-hybridized carbons (Fsp3) is 0.217. The predicted molar refractivity (Wildman–Crippen MR) is 116 cm³/mol. The summed E-state index contributed by atoms with van der Waals surface area (Å²) in [5.74, 6) is 0. The van der Waals surface area contributed by atoms with Crippen molar-refractivity contribution >= 4 is 11.3 Å². The number of hydrogen-bond donors (Lipinski definition) is 1. The van der Waals surface area contributed by atoms with E-state index < -0.39 is 0 Å². The molecule has 2 aromatic carbocycles. The molecule has 142 valence electrons. The molecule has 0 saturated carbocycles. The Hall–Kier alpha value is -2.76. The molecule has 0 amide bonds. The van der Waals surface area contributed by atoms with Gasteiger partial charge in [0.05, 0.1) is 17.9 Å². The molecule has 0 spiro atoms. The van der Waals surface area contributed by atoms with Crippen molar-refractivity contribution < 1.29 is 0 Å². The lowest BCUT2D eigenvalue weighted by atomic mass is 10.0. The molecular formula is C23H24N4S. The summed E-state index contributed by atoms with van der Waals surface area (Å²) in [7, 11) is 2.14. The van der Waals surface area contributed by atoms with E-state index in [-0.39, 0.29) is 6.04 Å². The lowest BCUT2D eigenvalue weighted by Gasteiger charge is -2.22. The Morgan fingerprint density at radius 2 is 1.68 bits per heavy atom. The molecule has 4 nitrogen and oxygen atoms in total. The van der Waals surface area contributed by atoms with Gasteiger partial charge in [-0.1, -0.05) is 54.6 Å². The third-order valence-corrected chi connectivity index (χ3v) is 6.21. The maximum absolute atomic E-state index is 4.63. The molecule has 0 aliphatic heterocycles. The highest BCUT2D eigenvalue weighted by molar-refractivity contribution is 7.09. The Balaban J connectivity index is 1.52. The fourth-order valence-electron chi connectivity index (χ4n) is 3.30. The van der Waals surface area contributed by atoms with Crippen molar-refractivity contribution in [1.82, 2.24) is 20.1 Å². The number of thiazole rings is 1. The molecule has 0 aliphatic carbocycles. The number of nitrogens with zero attached hydrogens (tertiary/aromatic N) is 3. The van der Waals surface area contributed by atoms with Gasteiger partial charge in [0.25, 0.3) is 0 Å². The van der Waals surface area contributed by atoms with Gasteiger partial charge >= 0.3 is 0 Å². The number of aryl methyl sites for hydroxylation is 1. The van der Waals surface area contributed by atoms with E-state index >= 15 is 0 Å². The van der Waals surface area contributed by atoms with Gasteiger partial charge in [-0.2, -0.15) is 5.10 Å². The fourth-order valence-corrected chi connectivity index (χ4v) is 4.22. The zero-order chi connectivity index (χ0) is 19.5. The molecular weight excluding hydrogens is 364 g/mol. The highest BCUT2D eigenvalue weighted by Gasteiger charge is 2.18. The first-order valence-corrected chi connectivity index (χ1v) is 10.3. The Kier molecular flexibility index (Phi) is 5.37. The number of H-pyrrole nitrogens is 1. The van der Waals surface area contributed by atoms with Crippen LogP contribution in [-0.4, -0.2) is 27.1 Å². The molecule has 0 fully saturated rings. The molecule has 0 saturated heterocycles. The molecule has 1 N–H and O–H groups in total. The number of benzene rings is 2. The van der Waals surface area contributed by atoms with Gasteiger partial charge in [0.2, 0.25) is 0 Å². The van der Waals surface area contributed by atoms with Crippen molar-refractivity contribution in [3.05, 3.63) is 82.4 Å². The molecule has 4 aromatic rings. The zero-order valence-electron chi connectivity index (χ0n) is 16.4. The van der Waals surface area contributed by atoms with Crippen LogP contribution < -0.4 is 0 Å². The third-order valence-electron chi connectivity index (χ3n) is 5.07. The minimum absolute atomic E-state index is 0.266. The second-order valence-corrected chi connectivity index (χ2v) is 8.02. The molecule has 0 aliphatic rings. The SMILES string of the molecule is Cc1csc(C(C)N(C)Cc2cn[nH]c2-c2ccc(-c3ccccc3)cc2)n1. The monoisotopic (exact) mass is 388 g/mol. The minimum atomic E-state index is 0.266. The summed E-state index contributed by atoms with van der Waals surface area (Å²) in [6.45, 7) is 5.05. The van der Waals surface area contributed by atoms with Crippen LogP contribution in [0.1, 0.15) is 29.2 Å². The van der Waals surface area contributed by atoms with Crippen LogP contribution in [0.3, 0.4) is 0 Å². The summed E-state index contributed by atoms with van der Waals surface area (Å²) in [6.07, 6.45) is 1.93. The van der Waals surface area contributed by atoms with E-state index in [2.05, 4.69) is 88.0 Å². The summed E-state index contributed by atoms with van der Waals surface area (Å²) in [6, 6.07) is 19.4. The van der Waals surface area contributed by atoms with Crippen LogP contribution in [0.5, 0.6) is 0 Å². The molecule has 2 heterocycles. The predicted octanol–water partition coefficient (Wildman–Crippen LogP) is 5.70. The number of nitrogens with one attached hydrogen (secondary N) is 1. The van der Waals surface area contributed by atoms with Gasteiger partial charge in [-0.3, -0.25) is 10.00 Å². The topological polar surface area (TPSA) is 44.8 Å². The van der Waals surface area contributed by atoms with Gasteiger partial charge in [-0.15, -0.1) is 11.3 Å². The van der Waals surface area contributed by atoms with Gasteiger partial charge in [-0.05, 0) is 37.6 Å². The van der Waals surface area contributed by atoms with Gasteiger partial charge in [0, 0.05) is 23.2 Å². The average molecular weight is 389 g/mol. The maximum Gasteiger partial charge on any atom is 0.110 e. The lowest BCUT2D eigenvalue weighted by Crippen LogP contribution is -2.22. The van der Waals surface area contributed by atoms with Crippen molar-refractivity contribution in [3.63, 3.8) is 0 Å². The van der Waals surface area contributed by atoms with E-state index in [1.807, 2.05) is 19.2 Å². The largest absolute Gasteiger partial charge is 0.293 e. The maximum atomic E-state index is 4.63. The summed E-state index contributed by atoms with van der Waals surface area (Å²) < 4.78 is 0. The first-order chi connectivity index (χ1) is 13.6. The van der Waals surface area contributed by atoms with Crippen LogP contribution in [-0.2, 0) is 6.54 Å². The van der Waals surface area contributed by atoms with Crippen molar-refractivity contribution in [2.24, 2.45) is 0 Å². The summed E-state index contributed by atoms with van der Waals surface area (Å²) >= 11 is 1.72. The first-order valence-electron chi connectivity index (χ1n) is 9.42. The second kappa shape index (κ2) is 8.09. The highest BCUT2D eigenvalue weighted by atomic mass is 32.1. The van der Waals surface area contributed by atoms with Crippen molar-refractivity contribution in [2.45, 2.75) is 26.4 Å². The van der Waals surface area contributed by atoms with Crippen LogP contribution in [0.4, 0.5) is 0 Å². The van der Waals surface area contributed by atoms with Crippen LogP contribution in [0.15, 0.2) is 66.2 Å². The molecule has 2 aromatic heterocycles. The normalized spacial score (nSPS) is 12.4. The van der Waals surface area contributed by atoms with E-state index in [4.69, 9.17) is 0 Å². The first kappa shape index (κ1) is 18.6. The van der Waals surface area contributed by atoms with Crippen LogP contribution >= 0.6 is 11.3 Å². The van der Waals surface area contributed by atoms with Gasteiger partial charge < -0.3 is 0 Å². The van der Waals surface area contributed by atoms with Crippen LogP contribution in [0.25, 0.3) is 22.4 Å². The zero-order valence-corrected chi connectivity index (χ0v) is 17.2. The lowest BCUT2D eigenvalue weighted by molar-refractivity contribution is 0.253. The Labute approximate surface area is 169 Å². The van der Waals surface area contributed by atoms with Crippen molar-refractivity contribution in [1.29, 1.82) is 0 Å². The standard InChI is InChI=1S/C23H24N4S/c1-16-15-28-23(25-16)17(2)27(3)14-21-13-24-26-22(21)20-11-9-19(10-12-20)18-7-5-4-6-8-18/h4-13,15,17H,14H2,1-3H3,(H,24,26). The molecule has 4 rings (SSSR count). The third kappa shape index (κ3) is 3.91. The number of aromatic nitrogens is 3. The molecule has 0 radical (unpaired) electrons. The van der Waals surface area contributed by atoms with Gasteiger partial charge in [0.1, 0.15) is 5.01 Å². The van der Waals surface area contributed by atoms with E-state index in [1.165, 1.54) is 16.7 Å². The number of aromatic amines is 1. The van der Waals surface area contributed by atoms with E-state index in [9.17, 15) is 0 Å². The average Bonchev–Trinajstić information content (AvgIpc) is 3.37. The van der Waals surface area contributed by atoms with Gasteiger partial charge in [-0.25, -0.2) is 4.98 Å².